The Kier molecular flexibility index (Phi) is 5.93. The molecule has 0 saturated carbocycles. The van der Waals surface area contributed by atoms with Crippen LogP contribution in [0.5, 0.6) is 0 Å². The van der Waals surface area contributed by atoms with Crippen LogP contribution in [0, 0.1) is 28.4 Å². The molecule has 0 aliphatic carbocycles. The first-order valence-corrected chi connectivity index (χ1v) is 8.27. The van der Waals surface area contributed by atoms with Crippen LogP contribution in [0.4, 0.5) is 11.4 Å². The maximum absolute atomic E-state index is 12.0. The number of nitriles is 1. The zero-order valence-corrected chi connectivity index (χ0v) is 13.8. The van der Waals surface area contributed by atoms with Crippen molar-refractivity contribution < 1.29 is 9.72 Å². The molecule has 7 heteroatoms. The van der Waals surface area contributed by atoms with Gasteiger partial charge in [-0.05, 0) is 30.2 Å². The number of hydrogen-bond donors (Lipinski definition) is 1. The zero-order valence-electron chi connectivity index (χ0n) is 13.0. The van der Waals surface area contributed by atoms with Crippen LogP contribution in [-0.4, -0.2) is 16.6 Å². The number of anilines is 1. The molecule has 2 aromatic carbocycles. The summed E-state index contributed by atoms with van der Waals surface area (Å²) in [5, 5.41) is 22.4. The highest BCUT2D eigenvalue weighted by Crippen LogP contribution is 2.22. The Hall–Kier alpha value is -2.85. The van der Waals surface area contributed by atoms with Crippen molar-refractivity contribution in [3.8, 4) is 6.07 Å². The third kappa shape index (κ3) is 4.83. The number of nitrogens with one attached hydrogen (secondary N) is 1. The molecular weight excluding hydrogens is 326 g/mol. The SMILES string of the molecule is Cc1ccc([N+](=O)[O-])cc1NC(=O)CSCc1cccc(C#N)c1. The van der Waals surface area contributed by atoms with Crippen LogP contribution in [0.3, 0.4) is 0 Å². The normalized spacial score (nSPS) is 10.0. The molecule has 2 rings (SSSR count). The zero-order chi connectivity index (χ0) is 17.5. The number of thioether (sulfide) groups is 1. The lowest BCUT2D eigenvalue weighted by molar-refractivity contribution is -0.384. The van der Waals surface area contributed by atoms with Gasteiger partial charge >= 0.3 is 0 Å². The van der Waals surface area contributed by atoms with Gasteiger partial charge in [-0.3, -0.25) is 14.9 Å². The van der Waals surface area contributed by atoms with E-state index in [4.69, 9.17) is 5.26 Å². The van der Waals surface area contributed by atoms with Gasteiger partial charge in [-0.25, -0.2) is 0 Å². The van der Waals surface area contributed by atoms with Crippen molar-refractivity contribution in [3.05, 3.63) is 69.3 Å². The molecule has 0 bridgehead atoms. The maximum Gasteiger partial charge on any atom is 0.271 e. The monoisotopic (exact) mass is 341 g/mol. The van der Waals surface area contributed by atoms with Gasteiger partial charge in [-0.2, -0.15) is 5.26 Å². The molecule has 0 radical (unpaired) electrons. The molecule has 0 spiro atoms. The fourth-order valence-electron chi connectivity index (χ4n) is 2.04. The summed E-state index contributed by atoms with van der Waals surface area (Å²) >= 11 is 1.41. The first-order valence-electron chi connectivity index (χ1n) is 7.11. The lowest BCUT2D eigenvalue weighted by atomic mass is 10.2. The van der Waals surface area contributed by atoms with Crippen molar-refractivity contribution in [1.82, 2.24) is 0 Å². The first-order chi connectivity index (χ1) is 11.5. The maximum atomic E-state index is 12.0. The number of rotatable bonds is 6. The lowest BCUT2D eigenvalue weighted by Gasteiger charge is -2.08. The summed E-state index contributed by atoms with van der Waals surface area (Å²) in [6.45, 7) is 1.78. The number of nitro groups is 1. The van der Waals surface area contributed by atoms with E-state index in [1.54, 1.807) is 31.2 Å². The van der Waals surface area contributed by atoms with Crippen LogP contribution in [0.1, 0.15) is 16.7 Å². The minimum absolute atomic E-state index is 0.0585. The third-order valence-corrected chi connectivity index (χ3v) is 4.27. The number of amides is 1. The standard InChI is InChI=1S/C17H15N3O3S/c1-12-5-6-15(20(22)23)8-16(12)19-17(21)11-24-10-14-4-2-3-13(7-14)9-18/h2-8H,10-11H2,1H3,(H,19,21). The van der Waals surface area contributed by atoms with Gasteiger partial charge in [-0.15, -0.1) is 11.8 Å². The second-order valence-corrected chi connectivity index (χ2v) is 6.10. The van der Waals surface area contributed by atoms with Gasteiger partial charge in [0, 0.05) is 17.9 Å². The van der Waals surface area contributed by atoms with E-state index in [1.807, 2.05) is 6.07 Å². The number of hydrogen-bond acceptors (Lipinski definition) is 5. The Morgan fingerprint density at radius 2 is 2.12 bits per heavy atom. The fourth-order valence-corrected chi connectivity index (χ4v) is 2.81. The summed E-state index contributed by atoms with van der Waals surface area (Å²) in [5.41, 5.74) is 2.71. The van der Waals surface area contributed by atoms with Gasteiger partial charge in [-0.1, -0.05) is 18.2 Å². The van der Waals surface area contributed by atoms with Crippen molar-refractivity contribution in [3.63, 3.8) is 0 Å². The Bertz CT molecular complexity index is 815. The van der Waals surface area contributed by atoms with Gasteiger partial charge < -0.3 is 5.32 Å². The predicted octanol–water partition coefficient (Wildman–Crippen LogP) is 3.65. The van der Waals surface area contributed by atoms with E-state index in [0.717, 1.165) is 11.1 Å². The summed E-state index contributed by atoms with van der Waals surface area (Å²) in [6.07, 6.45) is 0. The Morgan fingerprint density at radius 3 is 2.83 bits per heavy atom. The predicted molar refractivity (Wildman–Crippen MR) is 93.8 cm³/mol. The van der Waals surface area contributed by atoms with Crippen LogP contribution < -0.4 is 5.32 Å². The first kappa shape index (κ1) is 17.5. The molecule has 24 heavy (non-hydrogen) atoms. The molecule has 0 atom stereocenters. The van der Waals surface area contributed by atoms with Crippen molar-refractivity contribution in [2.45, 2.75) is 12.7 Å². The van der Waals surface area contributed by atoms with Crippen LogP contribution in [0.2, 0.25) is 0 Å². The molecule has 1 amide bonds. The topological polar surface area (TPSA) is 96.0 Å². The summed E-state index contributed by atoms with van der Waals surface area (Å²) in [7, 11) is 0. The van der Waals surface area contributed by atoms with Gasteiger partial charge in [0.05, 0.1) is 28.0 Å². The average Bonchev–Trinajstić information content (AvgIpc) is 2.57. The number of aryl methyl sites for hydroxylation is 1. The summed E-state index contributed by atoms with van der Waals surface area (Å²) < 4.78 is 0. The number of benzene rings is 2. The molecular formula is C17H15N3O3S. The highest BCUT2D eigenvalue weighted by Gasteiger charge is 2.11. The van der Waals surface area contributed by atoms with Crippen molar-refractivity contribution in [2.24, 2.45) is 0 Å². The molecule has 122 valence electrons. The van der Waals surface area contributed by atoms with Crippen LogP contribution in [-0.2, 0) is 10.5 Å². The minimum Gasteiger partial charge on any atom is -0.325 e. The molecule has 6 nitrogen and oxygen atoms in total. The van der Waals surface area contributed by atoms with Crippen molar-refractivity contribution in [1.29, 1.82) is 5.26 Å². The van der Waals surface area contributed by atoms with E-state index < -0.39 is 4.92 Å². The molecule has 0 unspecified atom stereocenters. The molecule has 0 fully saturated rings. The summed E-state index contributed by atoms with van der Waals surface area (Å²) in [6, 6.07) is 13.7. The molecule has 1 N–H and O–H groups in total. The summed E-state index contributed by atoms with van der Waals surface area (Å²) in [5.74, 6) is 0.607. The molecule has 0 saturated heterocycles. The average molecular weight is 341 g/mol. The highest BCUT2D eigenvalue weighted by atomic mass is 32.2. The lowest BCUT2D eigenvalue weighted by Crippen LogP contribution is -2.15. The number of nitro benzene ring substituents is 1. The Morgan fingerprint density at radius 1 is 1.33 bits per heavy atom. The second-order valence-electron chi connectivity index (χ2n) is 5.11. The molecule has 0 aliphatic heterocycles. The molecule has 0 aliphatic rings. The molecule has 2 aromatic rings. The summed E-state index contributed by atoms with van der Waals surface area (Å²) in [4.78, 5) is 22.3. The van der Waals surface area contributed by atoms with E-state index in [0.29, 0.717) is 17.0 Å². The van der Waals surface area contributed by atoms with E-state index in [2.05, 4.69) is 11.4 Å². The Labute approximate surface area is 143 Å². The second kappa shape index (κ2) is 8.13. The molecule has 0 aromatic heterocycles. The van der Waals surface area contributed by atoms with Crippen LogP contribution >= 0.6 is 11.8 Å². The van der Waals surface area contributed by atoms with E-state index >= 15 is 0 Å². The van der Waals surface area contributed by atoms with E-state index in [1.165, 1.54) is 23.9 Å². The van der Waals surface area contributed by atoms with Crippen molar-refractivity contribution in [2.75, 3.05) is 11.1 Å². The third-order valence-electron chi connectivity index (χ3n) is 3.26. The highest BCUT2D eigenvalue weighted by molar-refractivity contribution is 7.99. The van der Waals surface area contributed by atoms with Crippen molar-refractivity contribution >= 4 is 29.0 Å². The van der Waals surface area contributed by atoms with E-state index in [-0.39, 0.29) is 17.3 Å². The largest absolute Gasteiger partial charge is 0.325 e. The number of carbonyl (C=O) groups excluding carboxylic acids is 1. The number of nitrogens with zero attached hydrogens (tertiary/aromatic N) is 2. The van der Waals surface area contributed by atoms with Crippen LogP contribution in [0.15, 0.2) is 42.5 Å². The van der Waals surface area contributed by atoms with E-state index in [9.17, 15) is 14.9 Å². The number of carbonyl (C=O) groups is 1. The molecule has 0 heterocycles. The number of non-ortho nitro benzene ring substituents is 1. The minimum atomic E-state index is -0.494. The van der Waals surface area contributed by atoms with Gasteiger partial charge in [0.15, 0.2) is 0 Å². The Balaban J connectivity index is 1.91. The smallest absolute Gasteiger partial charge is 0.271 e. The van der Waals surface area contributed by atoms with Gasteiger partial charge in [0.1, 0.15) is 0 Å². The van der Waals surface area contributed by atoms with Gasteiger partial charge in [0.25, 0.3) is 5.69 Å². The van der Waals surface area contributed by atoms with Crippen LogP contribution in [0.25, 0.3) is 0 Å². The van der Waals surface area contributed by atoms with Gasteiger partial charge in [0.2, 0.25) is 5.91 Å². The quantitative estimate of drug-likeness (QED) is 0.639. The fraction of sp³-hybridized carbons (Fsp3) is 0.176.